The highest BCUT2D eigenvalue weighted by Gasteiger charge is 2.34. The van der Waals surface area contributed by atoms with Crippen molar-refractivity contribution < 1.29 is 22.7 Å². The molecule has 3 aromatic rings. The number of hydrogen-bond acceptors (Lipinski definition) is 5. The second-order valence-electron chi connectivity index (χ2n) is 9.78. The van der Waals surface area contributed by atoms with E-state index in [2.05, 4.69) is 5.32 Å². The first kappa shape index (κ1) is 30.7. The van der Waals surface area contributed by atoms with Crippen LogP contribution in [0.3, 0.4) is 0 Å². The van der Waals surface area contributed by atoms with Crippen molar-refractivity contribution >= 4 is 27.5 Å². The number of nitrogens with one attached hydrogen (secondary N) is 1. The zero-order valence-electron chi connectivity index (χ0n) is 23.8. The van der Waals surface area contributed by atoms with E-state index in [9.17, 15) is 18.0 Å². The zero-order chi connectivity index (χ0) is 29.3. The van der Waals surface area contributed by atoms with E-state index in [0.29, 0.717) is 17.9 Å². The average molecular weight is 566 g/mol. The number of aryl methyl sites for hydroxylation is 1. The van der Waals surface area contributed by atoms with Crippen molar-refractivity contribution in [1.82, 2.24) is 10.2 Å². The summed E-state index contributed by atoms with van der Waals surface area (Å²) in [7, 11) is -2.53. The van der Waals surface area contributed by atoms with E-state index < -0.39 is 28.5 Å². The summed E-state index contributed by atoms with van der Waals surface area (Å²) in [4.78, 5) is 29.0. The predicted octanol–water partition coefficient (Wildman–Crippen LogP) is 4.92. The van der Waals surface area contributed by atoms with Gasteiger partial charge in [-0.15, -0.1) is 0 Å². The Kier molecular flexibility index (Phi) is 10.7. The van der Waals surface area contributed by atoms with Gasteiger partial charge in [-0.05, 0) is 74.2 Å². The summed E-state index contributed by atoms with van der Waals surface area (Å²) in [6.07, 6.45) is 1.09. The molecule has 0 bridgehead atoms. The molecule has 0 aromatic heterocycles. The van der Waals surface area contributed by atoms with E-state index in [4.69, 9.17) is 4.74 Å². The molecule has 0 heterocycles. The smallest absolute Gasteiger partial charge is 0.264 e. The Morgan fingerprint density at radius 1 is 0.925 bits per heavy atom. The molecule has 0 saturated heterocycles. The van der Waals surface area contributed by atoms with Crippen LogP contribution in [0.4, 0.5) is 5.69 Å². The Balaban J connectivity index is 2.06. The molecule has 214 valence electrons. The van der Waals surface area contributed by atoms with Crippen molar-refractivity contribution in [2.45, 2.75) is 64.1 Å². The van der Waals surface area contributed by atoms with E-state index >= 15 is 0 Å². The molecule has 0 fully saturated rings. The third-order valence-electron chi connectivity index (χ3n) is 6.77. The second kappa shape index (κ2) is 14.0. The molecule has 1 N–H and O–H groups in total. The molecule has 0 unspecified atom stereocenters. The predicted molar refractivity (Wildman–Crippen MR) is 158 cm³/mol. The van der Waals surface area contributed by atoms with Crippen molar-refractivity contribution in [3.63, 3.8) is 0 Å². The molecule has 3 rings (SSSR count). The number of ether oxygens (including phenoxy) is 1. The van der Waals surface area contributed by atoms with E-state index in [1.807, 2.05) is 45.9 Å². The Morgan fingerprint density at radius 2 is 1.62 bits per heavy atom. The first-order valence-corrected chi connectivity index (χ1v) is 14.9. The van der Waals surface area contributed by atoms with Gasteiger partial charge in [0.25, 0.3) is 10.0 Å². The van der Waals surface area contributed by atoms with Gasteiger partial charge in [0.15, 0.2) is 0 Å². The van der Waals surface area contributed by atoms with Gasteiger partial charge in [-0.3, -0.25) is 13.9 Å². The quantitative estimate of drug-likeness (QED) is 0.317. The molecule has 0 radical (unpaired) electrons. The highest BCUT2D eigenvalue weighted by molar-refractivity contribution is 7.92. The zero-order valence-corrected chi connectivity index (χ0v) is 24.6. The normalized spacial score (nSPS) is 12.7. The lowest BCUT2D eigenvalue weighted by molar-refractivity contribution is -0.140. The number of sulfonamides is 1. The van der Waals surface area contributed by atoms with Gasteiger partial charge in [0.05, 0.1) is 17.7 Å². The molecule has 40 heavy (non-hydrogen) atoms. The van der Waals surface area contributed by atoms with Gasteiger partial charge in [-0.25, -0.2) is 8.42 Å². The molecule has 0 aliphatic carbocycles. The fraction of sp³-hybridized carbons (Fsp3) is 0.355. The standard InChI is InChI=1S/C31H39N3O5S/c1-6-24(4)32-31(36)29(7-2)33(21-25-14-12-16-27(20-25)39-5)30(35)22-34(26-15-11-13-23(3)19-26)40(37,38)28-17-9-8-10-18-28/h8-20,24,29H,6-7,21-22H2,1-5H3,(H,32,36)/t24-,29+/m1/s1. The summed E-state index contributed by atoms with van der Waals surface area (Å²) < 4.78 is 34.2. The largest absolute Gasteiger partial charge is 0.497 e. The summed E-state index contributed by atoms with van der Waals surface area (Å²) >= 11 is 0. The van der Waals surface area contributed by atoms with Crippen LogP contribution in [-0.2, 0) is 26.2 Å². The molecule has 0 aliphatic heterocycles. The number of anilines is 1. The number of hydrogen-bond donors (Lipinski definition) is 1. The van der Waals surface area contributed by atoms with Crippen LogP contribution in [-0.4, -0.2) is 50.9 Å². The second-order valence-corrected chi connectivity index (χ2v) is 11.6. The van der Waals surface area contributed by atoms with Crippen molar-refractivity contribution in [3.05, 3.63) is 90.0 Å². The summed E-state index contributed by atoms with van der Waals surface area (Å²) in [5.74, 6) is -0.147. The van der Waals surface area contributed by atoms with E-state index in [1.165, 1.54) is 17.0 Å². The summed E-state index contributed by atoms with van der Waals surface area (Å²) in [6, 6.07) is 21.4. The molecule has 0 saturated carbocycles. The topological polar surface area (TPSA) is 96.0 Å². The maximum atomic E-state index is 14.1. The molecular formula is C31H39N3O5S. The third kappa shape index (κ3) is 7.63. The number of methoxy groups -OCH3 is 1. The molecule has 9 heteroatoms. The maximum Gasteiger partial charge on any atom is 0.264 e. The van der Waals surface area contributed by atoms with Crippen molar-refractivity contribution in [3.8, 4) is 5.75 Å². The molecule has 8 nitrogen and oxygen atoms in total. The number of amides is 2. The minimum Gasteiger partial charge on any atom is -0.497 e. The molecule has 0 spiro atoms. The van der Waals surface area contributed by atoms with Gasteiger partial charge < -0.3 is 15.0 Å². The van der Waals surface area contributed by atoms with Crippen LogP contribution in [0, 0.1) is 6.92 Å². The highest BCUT2D eigenvalue weighted by atomic mass is 32.2. The van der Waals surface area contributed by atoms with Crippen molar-refractivity contribution in [2.24, 2.45) is 0 Å². The lowest BCUT2D eigenvalue weighted by atomic mass is 10.1. The SMILES string of the molecule is CC[C@@H](C)NC(=O)[C@H](CC)N(Cc1cccc(OC)c1)C(=O)CN(c1cccc(C)c1)S(=O)(=O)c1ccccc1. The summed E-state index contributed by atoms with van der Waals surface area (Å²) in [6.45, 7) is 7.21. The Bertz CT molecular complexity index is 1390. The van der Waals surface area contributed by atoms with Gasteiger partial charge in [0.2, 0.25) is 11.8 Å². The third-order valence-corrected chi connectivity index (χ3v) is 8.56. The number of carbonyl (C=O) groups excluding carboxylic acids is 2. The minimum atomic E-state index is -4.09. The summed E-state index contributed by atoms with van der Waals surface area (Å²) in [5.41, 5.74) is 1.98. The molecule has 2 amide bonds. The van der Waals surface area contributed by atoms with Crippen LogP contribution >= 0.6 is 0 Å². The Labute approximate surface area is 238 Å². The monoisotopic (exact) mass is 565 g/mol. The number of rotatable bonds is 13. The van der Waals surface area contributed by atoms with Crippen LogP contribution in [0.5, 0.6) is 5.75 Å². The molecule has 3 aromatic carbocycles. The molecule has 0 aliphatic rings. The van der Waals surface area contributed by atoms with Crippen LogP contribution in [0.25, 0.3) is 0 Å². The summed E-state index contributed by atoms with van der Waals surface area (Å²) in [5, 5.41) is 2.98. The lowest BCUT2D eigenvalue weighted by Crippen LogP contribution is -2.53. The fourth-order valence-electron chi connectivity index (χ4n) is 4.36. The number of carbonyl (C=O) groups is 2. The Morgan fingerprint density at radius 3 is 2.25 bits per heavy atom. The van der Waals surface area contributed by atoms with Crippen molar-refractivity contribution in [1.29, 1.82) is 0 Å². The van der Waals surface area contributed by atoms with Crippen LogP contribution in [0.15, 0.2) is 83.8 Å². The first-order valence-electron chi connectivity index (χ1n) is 13.5. The minimum absolute atomic E-state index is 0.0717. The van der Waals surface area contributed by atoms with Gasteiger partial charge in [-0.1, -0.05) is 56.3 Å². The molecule has 2 atom stereocenters. The van der Waals surface area contributed by atoms with Crippen molar-refractivity contribution in [2.75, 3.05) is 18.0 Å². The fourth-order valence-corrected chi connectivity index (χ4v) is 5.79. The maximum absolute atomic E-state index is 14.1. The molecular weight excluding hydrogens is 526 g/mol. The van der Waals surface area contributed by atoms with Gasteiger partial charge in [0.1, 0.15) is 18.3 Å². The van der Waals surface area contributed by atoms with Crippen LogP contribution in [0.1, 0.15) is 44.7 Å². The van der Waals surface area contributed by atoms with Gasteiger partial charge >= 0.3 is 0 Å². The number of nitrogens with zero attached hydrogens (tertiary/aromatic N) is 2. The van der Waals surface area contributed by atoms with Crippen LogP contribution in [0.2, 0.25) is 0 Å². The highest BCUT2D eigenvalue weighted by Crippen LogP contribution is 2.26. The van der Waals surface area contributed by atoms with E-state index in [1.54, 1.807) is 55.6 Å². The first-order chi connectivity index (χ1) is 19.1. The van der Waals surface area contributed by atoms with Gasteiger partial charge in [0, 0.05) is 12.6 Å². The van der Waals surface area contributed by atoms with E-state index in [-0.39, 0.29) is 23.4 Å². The lowest BCUT2D eigenvalue weighted by Gasteiger charge is -2.33. The van der Waals surface area contributed by atoms with Gasteiger partial charge in [-0.2, -0.15) is 0 Å². The van der Waals surface area contributed by atoms with E-state index in [0.717, 1.165) is 21.9 Å². The number of benzene rings is 3. The van der Waals surface area contributed by atoms with Crippen LogP contribution < -0.4 is 14.4 Å². The Hall–Kier alpha value is -3.85. The average Bonchev–Trinajstić information content (AvgIpc) is 2.96.